The number of carboxylic acid groups (broad SMARTS) is 1. The van der Waals surface area contributed by atoms with E-state index >= 15 is 0 Å². The number of aromatic nitrogens is 2. The molecule has 1 heterocycles. The predicted molar refractivity (Wildman–Crippen MR) is 60.2 cm³/mol. The Labute approximate surface area is 111 Å². The maximum absolute atomic E-state index is 13.5. The van der Waals surface area contributed by atoms with Crippen LogP contribution in [0.25, 0.3) is 11.5 Å². The van der Waals surface area contributed by atoms with Gasteiger partial charge in [-0.2, -0.15) is 0 Å². The van der Waals surface area contributed by atoms with E-state index in [1.54, 1.807) is 0 Å². The number of benzene rings is 1. The van der Waals surface area contributed by atoms with Crippen LogP contribution in [0.2, 0.25) is 0 Å². The number of aryl methyl sites for hydroxylation is 1. The van der Waals surface area contributed by atoms with Crippen molar-refractivity contribution in [3.05, 3.63) is 35.5 Å². The van der Waals surface area contributed by atoms with Crippen molar-refractivity contribution < 1.29 is 27.5 Å². The van der Waals surface area contributed by atoms with Gasteiger partial charge in [-0.1, -0.05) is 0 Å². The Hall–Kier alpha value is -2.38. The molecule has 0 aliphatic carbocycles. The van der Waals surface area contributed by atoms with Gasteiger partial charge in [-0.15, -0.1) is 10.2 Å². The molecule has 0 aliphatic heterocycles. The highest BCUT2D eigenvalue weighted by Gasteiger charge is 2.19. The Morgan fingerprint density at radius 2 is 1.95 bits per heavy atom. The molecular weight excluding hydrogens is 277 g/mol. The highest BCUT2D eigenvalue weighted by atomic mass is 19.2. The van der Waals surface area contributed by atoms with E-state index in [4.69, 9.17) is 9.52 Å². The topological polar surface area (TPSA) is 76.2 Å². The Morgan fingerprint density at radius 3 is 2.65 bits per heavy atom. The summed E-state index contributed by atoms with van der Waals surface area (Å²) in [7, 11) is 0. The van der Waals surface area contributed by atoms with Gasteiger partial charge in [0, 0.05) is 12.8 Å². The van der Waals surface area contributed by atoms with Crippen LogP contribution in [0.15, 0.2) is 16.5 Å². The molecule has 1 N–H and O–H groups in total. The van der Waals surface area contributed by atoms with Crippen LogP contribution in [-0.2, 0) is 11.2 Å². The zero-order chi connectivity index (χ0) is 14.7. The Balaban J connectivity index is 2.17. The molecule has 20 heavy (non-hydrogen) atoms. The van der Waals surface area contributed by atoms with Crippen molar-refractivity contribution in [1.29, 1.82) is 0 Å². The smallest absolute Gasteiger partial charge is 0.303 e. The van der Waals surface area contributed by atoms with E-state index in [9.17, 15) is 18.0 Å². The fraction of sp³-hybridized carbons (Fsp3) is 0.250. The molecule has 5 nitrogen and oxygen atoms in total. The molecule has 1 aromatic carbocycles. The summed E-state index contributed by atoms with van der Waals surface area (Å²) in [5.74, 6) is -5.49. The lowest BCUT2D eigenvalue weighted by Crippen LogP contribution is -1.95. The highest BCUT2D eigenvalue weighted by molar-refractivity contribution is 5.66. The van der Waals surface area contributed by atoms with Crippen molar-refractivity contribution >= 4 is 5.97 Å². The summed E-state index contributed by atoms with van der Waals surface area (Å²) in [6.45, 7) is 0. The molecule has 0 amide bonds. The number of carboxylic acids is 1. The number of hydrogen-bond donors (Lipinski definition) is 1. The van der Waals surface area contributed by atoms with Gasteiger partial charge in [-0.05, 0) is 18.6 Å². The van der Waals surface area contributed by atoms with Gasteiger partial charge >= 0.3 is 5.97 Å². The second-order valence-corrected chi connectivity index (χ2v) is 3.97. The second kappa shape index (κ2) is 5.72. The third kappa shape index (κ3) is 2.95. The lowest BCUT2D eigenvalue weighted by molar-refractivity contribution is -0.137. The summed E-state index contributed by atoms with van der Waals surface area (Å²) in [6.07, 6.45) is 0.402. The zero-order valence-corrected chi connectivity index (χ0v) is 10.1. The number of aliphatic carboxylic acids is 1. The Morgan fingerprint density at radius 1 is 1.20 bits per heavy atom. The first-order chi connectivity index (χ1) is 9.49. The van der Waals surface area contributed by atoms with Gasteiger partial charge in [0.2, 0.25) is 5.89 Å². The van der Waals surface area contributed by atoms with Crippen molar-refractivity contribution in [3.8, 4) is 11.5 Å². The maximum atomic E-state index is 13.5. The average molecular weight is 286 g/mol. The van der Waals surface area contributed by atoms with Gasteiger partial charge < -0.3 is 9.52 Å². The first kappa shape index (κ1) is 14.0. The molecule has 2 aromatic rings. The minimum atomic E-state index is -1.62. The lowest BCUT2D eigenvalue weighted by Gasteiger charge is -1.99. The molecule has 0 bridgehead atoms. The highest BCUT2D eigenvalue weighted by Crippen LogP contribution is 2.25. The molecule has 0 saturated heterocycles. The average Bonchev–Trinajstić information content (AvgIpc) is 2.84. The van der Waals surface area contributed by atoms with Gasteiger partial charge in [0.25, 0.3) is 5.89 Å². The Bertz CT molecular complexity index is 643. The molecule has 0 radical (unpaired) electrons. The molecule has 2 rings (SSSR count). The van der Waals surface area contributed by atoms with E-state index in [2.05, 4.69) is 10.2 Å². The van der Waals surface area contributed by atoms with E-state index in [1.807, 2.05) is 0 Å². The third-order valence-electron chi connectivity index (χ3n) is 2.51. The van der Waals surface area contributed by atoms with Crippen molar-refractivity contribution in [3.63, 3.8) is 0 Å². The van der Waals surface area contributed by atoms with Crippen LogP contribution in [0, 0.1) is 17.5 Å². The van der Waals surface area contributed by atoms with E-state index in [1.165, 1.54) is 0 Å². The van der Waals surface area contributed by atoms with Gasteiger partial charge in [0.1, 0.15) is 0 Å². The molecule has 0 atom stereocenters. The summed E-state index contributed by atoms with van der Waals surface area (Å²) in [4.78, 5) is 10.3. The quantitative estimate of drug-likeness (QED) is 0.855. The molecule has 0 aliphatic rings. The fourth-order valence-corrected chi connectivity index (χ4v) is 1.55. The van der Waals surface area contributed by atoms with Gasteiger partial charge in [-0.3, -0.25) is 4.79 Å². The second-order valence-electron chi connectivity index (χ2n) is 3.97. The summed E-state index contributed by atoms with van der Waals surface area (Å²) in [5.41, 5.74) is -0.346. The van der Waals surface area contributed by atoms with E-state index in [0.29, 0.717) is 0 Å². The van der Waals surface area contributed by atoms with Gasteiger partial charge in [-0.25, -0.2) is 13.2 Å². The Kier molecular flexibility index (Phi) is 4.02. The predicted octanol–water partition coefficient (Wildman–Crippen LogP) is 2.56. The molecule has 1 aromatic heterocycles. The first-order valence-electron chi connectivity index (χ1n) is 5.67. The molecule has 8 heteroatoms. The molecule has 106 valence electrons. The summed E-state index contributed by atoms with van der Waals surface area (Å²) < 4.78 is 44.4. The van der Waals surface area contributed by atoms with Crippen LogP contribution < -0.4 is 0 Å². The lowest BCUT2D eigenvalue weighted by atomic mass is 10.2. The van der Waals surface area contributed by atoms with Gasteiger partial charge in [0.05, 0.1) is 5.56 Å². The number of nitrogens with zero attached hydrogens (tertiary/aromatic N) is 2. The number of rotatable bonds is 5. The van der Waals surface area contributed by atoms with Gasteiger partial charge in [0.15, 0.2) is 17.5 Å². The SMILES string of the molecule is O=C(O)CCCc1nnc(-c2ccc(F)c(F)c2F)o1. The molecular formula is C12H9F3N2O3. The minimum absolute atomic E-state index is 0.0722. The number of halogens is 3. The summed E-state index contributed by atoms with van der Waals surface area (Å²) >= 11 is 0. The van der Waals surface area contributed by atoms with Crippen molar-refractivity contribution in [2.75, 3.05) is 0 Å². The largest absolute Gasteiger partial charge is 0.481 e. The van der Waals surface area contributed by atoms with Crippen LogP contribution in [-0.4, -0.2) is 21.3 Å². The zero-order valence-electron chi connectivity index (χ0n) is 10.1. The summed E-state index contributed by atoms with van der Waals surface area (Å²) in [6, 6.07) is 1.74. The minimum Gasteiger partial charge on any atom is -0.481 e. The number of carbonyl (C=O) groups is 1. The van der Waals surface area contributed by atoms with Crippen molar-refractivity contribution in [2.24, 2.45) is 0 Å². The van der Waals surface area contributed by atoms with E-state index in [-0.39, 0.29) is 36.6 Å². The first-order valence-corrected chi connectivity index (χ1v) is 5.67. The molecule has 0 saturated carbocycles. The normalized spacial score (nSPS) is 10.8. The van der Waals surface area contributed by atoms with Crippen molar-refractivity contribution in [1.82, 2.24) is 10.2 Å². The van der Waals surface area contributed by atoms with Crippen LogP contribution in [0.3, 0.4) is 0 Å². The molecule has 0 spiro atoms. The maximum Gasteiger partial charge on any atom is 0.303 e. The van der Waals surface area contributed by atoms with Crippen LogP contribution in [0.4, 0.5) is 13.2 Å². The standard InChI is InChI=1S/C12H9F3N2O3/c13-7-5-4-6(10(14)11(7)15)12-17-16-8(20-12)2-1-3-9(18)19/h4-5H,1-3H2,(H,18,19). The number of hydrogen-bond acceptors (Lipinski definition) is 4. The van der Waals surface area contributed by atoms with E-state index < -0.39 is 23.4 Å². The monoisotopic (exact) mass is 286 g/mol. The van der Waals surface area contributed by atoms with Crippen LogP contribution in [0.5, 0.6) is 0 Å². The third-order valence-corrected chi connectivity index (χ3v) is 2.51. The molecule has 0 fully saturated rings. The summed E-state index contributed by atoms with van der Waals surface area (Å²) in [5, 5.41) is 15.6. The molecule has 0 unspecified atom stereocenters. The van der Waals surface area contributed by atoms with Crippen molar-refractivity contribution in [2.45, 2.75) is 19.3 Å². The van der Waals surface area contributed by atoms with Crippen LogP contribution in [0.1, 0.15) is 18.7 Å². The van der Waals surface area contributed by atoms with Crippen LogP contribution >= 0.6 is 0 Å². The fourth-order valence-electron chi connectivity index (χ4n) is 1.55. The van der Waals surface area contributed by atoms with E-state index in [0.717, 1.165) is 12.1 Å².